The number of fused-ring (bicyclic) bond motifs is 1. The summed E-state index contributed by atoms with van der Waals surface area (Å²) in [5, 5.41) is 3.61. The zero-order chi connectivity index (χ0) is 15.1. The summed E-state index contributed by atoms with van der Waals surface area (Å²) in [5.74, 6) is 1.71. The molecule has 21 heavy (non-hydrogen) atoms. The molecule has 118 valence electrons. The average molecular weight is 356 g/mol. The van der Waals surface area contributed by atoms with E-state index in [2.05, 4.69) is 53.3 Å². The molecular weight excluding hydrogens is 330 g/mol. The van der Waals surface area contributed by atoms with Crippen LogP contribution in [0.4, 0.5) is 0 Å². The summed E-state index contributed by atoms with van der Waals surface area (Å²) in [6.07, 6.45) is 3.33. The normalized spacial score (nSPS) is 18.2. The highest BCUT2D eigenvalue weighted by atomic mass is 79.9. The third-order valence-electron chi connectivity index (χ3n) is 3.72. The topological polar surface area (TPSA) is 30.5 Å². The van der Waals surface area contributed by atoms with Gasteiger partial charge in [0.1, 0.15) is 5.75 Å². The molecule has 0 radical (unpaired) electrons. The summed E-state index contributed by atoms with van der Waals surface area (Å²) in [4.78, 5) is 0. The maximum Gasteiger partial charge on any atom is 0.125 e. The molecule has 0 saturated carbocycles. The highest BCUT2D eigenvalue weighted by molar-refractivity contribution is 9.10. The minimum atomic E-state index is 0.365. The molecule has 2 rings (SSSR count). The molecular formula is C17H26BrNO2. The van der Waals surface area contributed by atoms with E-state index in [4.69, 9.17) is 9.47 Å². The lowest BCUT2D eigenvalue weighted by atomic mass is 10.0. The number of halogens is 1. The zero-order valence-electron chi connectivity index (χ0n) is 13.0. The van der Waals surface area contributed by atoms with Gasteiger partial charge in [0.2, 0.25) is 0 Å². The van der Waals surface area contributed by atoms with Gasteiger partial charge in [-0.25, -0.2) is 0 Å². The van der Waals surface area contributed by atoms with Gasteiger partial charge >= 0.3 is 0 Å². The van der Waals surface area contributed by atoms with E-state index in [1.54, 1.807) is 0 Å². The average Bonchev–Trinajstić information content (AvgIpc) is 2.64. The molecule has 1 heterocycles. The van der Waals surface area contributed by atoms with Crippen molar-refractivity contribution in [1.29, 1.82) is 0 Å². The number of nitrogens with one attached hydrogen (secondary N) is 1. The fourth-order valence-corrected chi connectivity index (χ4v) is 2.82. The Morgan fingerprint density at radius 2 is 2.24 bits per heavy atom. The third-order valence-corrected chi connectivity index (χ3v) is 4.22. The van der Waals surface area contributed by atoms with Crippen molar-refractivity contribution in [3.05, 3.63) is 28.2 Å². The van der Waals surface area contributed by atoms with Crippen LogP contribution in [0, 0.1) is 5.92 Å². The minimum Gasteiger partial charge on any atom is -0.493 e. The Morgan fingerprint density at radius 3 is 3.05 bits per heavy atom. The van der Waals surface area contributed by atoms with Crippen LogP contribution in [0.25, 0.3) is 0 Å². The van der Waals surface area contributed by atoms with E-state index in [0.29, 0.717) is 12.0 Å². The second kappa shape index (κ2) is 8.76. The largest absolute Gasteiger partial charge is 0.493 e. The smallest absolute Gasteiger partial charge is 0.125 e. The van der Waals surface area contributed by atoms with Gasteiger partial charge in [0.15, 0.2) is 0 Å². The molecule has 1 unspecified atom stereocenters. The van der Waals surface area contributed by atoms with Gasteiger partial charge in [0.05, 0.1) is 13.2 Å². The molecule has 0 saturated heterocycles. The highest BCUT2D eigenvalue weighted by Crippen LogP contribution is 2.33. The summed E-state index contributed by atoms with van der Waals surface area (Å²) in [6, 6.07) is 6.67. The molecule has 1 aromatic carbocycles. The maximum absolute atomic E-state index is 5.83. The molecule has 0 fully saturated rings. The first-order valence-electron chi connectivity index (χ1n) is 7.90. The molecule has 0 amide bonds. The maximum atomic E-state index is 5.83. The minimum absolute atomic E-state index is 0.365. The van der Waals surface area contributed by atoms with Crippen molar-refractivity contribution in [1.82, 2.24) is 5.32 Å². The first-order chi connectivity index (χ1) is 10.2. The summed E-state index contributed by atoms with van der Waals surface area (Å²) in [7, 11) is 0. The Balaban J connectivity index is 1.80. The molecule has 1 N–H and O–H groups in total. The van der Waals surface area contributed by atoms with E-state index in [1.165, 1.54) is 5.56 Å². The molecule has 0 aliphatic carbocycles. The summed E-state index contributed by atoms with van der Waals surface area (Å²) in [6.45, 7) is 7.77. The van der Waals surface area contributed by atoms with Crippen molar-refractivity contribution >= 4 is 15.9 Å². The highest BCUT2D eigenvalue weighted by Gasteiger charge is 2.19. The second-order valence-electron chi connectivity index (χ2n) is 5.97. The summed E-state index contributed by atoms with van der Waals surface area (Å²) < 4.78 is 12.6. The van der Waals surface area contributed by atoms with Crippen LogP contribution < -0.4 is 10.1 Å². The van der Waals surface area contributed by atoms with E-state index >= 15 is 0 Å². The number of hydrogen-bond acceptors (Lipinski definition) is 3. The van der Waals surface area contributed by atoms with Crippen LogP contribution in [0.2, 0.25) is 0 Å². The first kappa shape index (κ1) is 16.8. The third kappa shape index (κ3) is 5.61. The predicted octanol–water partition coefficient (Wildman–Crippen LogP) is 4.32. The molecule has 0 bridgehead atoms. The van der Waals surface area contributed by atoms with E-state index < -0.39 is 0 Å². The summed E-state index contributed by atoms with van der Waals surface area (Å²) in [5.41, 5.74) is 1.26. The summed E-state index contributed by atoms with van der Waals surface area (Å²) >= 11 is 3.51. The lowest BCUT2D eigenvalue weighted by molar-refractivity contribution is 0.123. The van der Waals surface area contributed by atoms with E-state index in [1.807, 2.05) is 0 Å². The monoisotopic (exact) mass is 355 g/mol. The predicted molar refractivity (Wildman–Crippen MR) is 89.9 cm³/mol. The van der Waals surface area contributed by atoms with Gasteiger partial charge in [0.25, 0.3) is 0 Å². The van der Waals surface area contributed by atoms with Gasteiger partial charge in [-0.3, -0.25) is 0 Å². The number of rotatable bonds is 7. The Labute approximate surface area is 136 Å². The molecule has 1 aromatic rings. The van der Waals surface area contributed by atoms with Crippen molar-refractivity contribution in [2.24, 2.45) is 5.92 Å². The molecule has 4 heteroatoms. The van der Waals surface area contributed by atoms with Gasteiger partial charge in [-0.1, -0.05) is 35.8 Å². The van der Waals surface area contributed by atoms with Crippen LogP contribution in [0.3, 0.4) is 0 Å². The standard InChI is InChI=1S/C17H26BrNO2/c1-13(2)7-10-20-11-8-19-16-4-3-9-21-17-12-14(18)5-6-15(16)17/h5-6,12-13,16,19H,3-4,7-11H2,1-2H3. The van der Waals surface area contributed by atoms with Crippen molar-refractivity contribution in [2.75, 3.05) is 26.4 Å². The number of hydrogen-bond donors (Lipinski definition) is 1. The van der Waals surface area contributed by atoms with Gasteiger partial charge in [0, 0.05) is 29.2 Å². The molecule has 1 atom stereocenters. The Morgan fingerprint density at radius 1 is 1.38 bits per heavy atom. The molecule has 0 spiro atoms. The van der Waals surface area contributed by atoms with Crippen molar-refractivity contribution in [3.63, 3.8) is 0 Å². The van der Waals surface area contributed by atoms with Crippen LogP contribution in [-0.2, 0) is 4.74 Å². The van der Waals surface area contributed by atoms with Crippen LogP contribution in [0.1, 0.15) is 44.7 Å². The Bertz CT molecular complexity index is 437. The van der Waals surface area contributed by atoms with Crippen LogP contribution in [0.15, 0.2) is 22.7 Å². The molecule has 3 nitrogen and oxygen atoms in total. The molecule has 0 aromatic heterocycles. The Hall–Kier alpha value is -0.580. The van der Waals surface area contributed by atoms with Gasteiger partial charge in [-0.05, 0) is 37.3 Å². The van der Waals surface area contributed by atoms with Crippen LogP contribution in [-0.4, -0.2) is 26.4 Å². The second-order valence-corrected chi connectivity index (χ2v) is 6.89. The van der Waals surface area contributed by atoms with Crippen molar-refractivity contribution in [2.45, 2.75) is 39.2 Å². The quantitative estimate of drug-likeness (QED) is 0.739. The van der Waals surface area contributed by atoms with Crippen LogP contribution in [0.5, 0.6) is 5.75 Å². The van der Waals surface area contributed by atoms with Gasteiger partial charge in [-0.2, -0.15) is 0 Å². The molecule has 1 aliphatic rings. The zero-order valence-corrected chi connectivity index (χ0v) is 14.6. The van der Waals surface area contributed by atoms with Crippen molar-refractivity contribution in [3.8, 4) is 5.75 Å². The number of ether oxygens (including phenoxy) is 2. The molecule has 1 aliphatic heterocycles. The van der Waals surface area contributed by atoms with Crippen molar-refractivity contribution < 1.29 is 9.47 Å². The lowest BCUT2D eigenvalue weighted by Crippen LogP contribution is -2.25. The van der Waals surface area contributed by atoms with Gasteiger partial charge < -0.3 is 14.8 Å². The van der Waals surface area contributed by atoms with Crippen LogP contribution >= 0.6 is 15.9 Å². The lowest BCUT2D eigenvalue weighted by Gasteiger charge is -2.18. The number of benzene rings is 1. The Kier molecular flexibility index (Phi) is 7.00. The van der Waals surface area contributed by atoms with E-state index in [9.17, 15) is 0 Å². The fourth-order valence-electron chi connectivity index (χ4n) is 2.48. The first-order valence-corrected chi connectivity index (χ1v) is 8.69. The van der Waals surface area contributed by atoms with Gasteiger partial charge in [-0.15, -0.1) is 0 Å². The van der Waals surface area contributed by atoms with E-state index in [-0.39, 0.29) is 0 Å². The SMILES string of the molecule is CC(C)CCOCCNC1CCCOc2cc(Br)ccc21. The van der Waals surface area contributed by atoms with E-state index in [0.717, 1.165) is 55.9 Å². The fraction of sp³-hybridized carbons (Fsp3) is 0.647.